The zero-order valence-corrected chi connectivity index (χ0v) is 13.2. The van der Waals surface area contributed by atoms with Crippen molar-refractivity contribution >= 4 is 34.1 Å². The molecule has 0 aliphatic rings. The summed E-state index contributed by atoms with van der Waals surface area (Å²) in [5.41, 5.74) is 0.0478. The topological polar surface area (TPSA) is 43.4 Å². The number of rotatable bonds is 4. The lowest BCUT2D eigenvalue weighted by Gasteiger charge is -2.07. The van der Waals surface area contributed by atoms with E-state index >= 15 is 0 Å². The van der Waals surface area contributed by atoms with Gasteiger partial charge in [0.2, 0.25) is 0 Å². The monoisotopic (exact) mass is 342 g/mol. The minimum absolute atomic E-state index is 0.0573. The molecular formula is C19H12ClFO3. The van der Waals surface area contributed by atoms with Crippen LogP contribution in [-0.2, 0) is 4.74 Å². The Kier molecular flexibility index (Phi) is 4.58. The van der Waals surface area contributed by atoms with E-state index in [-0.39, 0.29) is 16.4 Å². The molecule has 0 spiro atoms. The van der Waals surface area contributed by atoms with Crippen LogP contribution in [0.15, 0.2) is 60.7 Å². The zero-order chi connectivity index (χ0) is 17.1. The molecule has 3 nitrogen and oxygen atoms in total. The van der Waals surface area contributed by atoms with Gasteiger partial charge in [-0.05, 0) is 29.0 Å². The Morgan fingerprint density at radius 3 is 2.46 bits per heavy atom. The van der Waals surface area contributed by atoms with Crippen LogP contribution in [0.4, 0.5) is 4.39 Å². The smallest absolute Gasteiger partial charge is 0.343 e. The highest BCUT2D eigenvalue weighted by molar-refractivity contribution is 6.33. The standard InChI is InChI=1S/C19H12ClFO3/c20-15-6-3-7-16(21)18(15)19(23)24-11-17(22)14-9-8-12-4-1-2-5-13(12)10-14/h1-10H,11H2. The quantitative estimate of drug-likeness (QED) is 0.511. The van der Waals surface area contributed by atoms with Gasteiger partial charge in [0.1, 0.15) is 11.4 Å². The van der Waals surface area contributed by atoms with Gasteiger partial charge in [-0.1, -0.05) is 54.1 Å². The normalized spacial score (nSPS) is 10.6. The maximum atomic E-state index is 13.7. The van der Waals surface area contributed by atoms with Gasteiger partial charge in [-0.3, -0.25) is 4.79 Å². The van der Waals surface area contributed by atoms with Gasteiger partial charge in [-0.15, -0.1) is 0 Å². The van der Waals surface area contributed by atoms with Crippen LogP contribution in [0.3, 0.4) is 0 Å². The van der Waals surface area contributed by atoms with Gasteiger partial charge in [-0.25, -0.2) is 9.18 Å². The van der Waals surface area contributed by atoms with Crippen LogP contribution < -0.4 is 0 Å². The predicted octanol–water partition coefficient (Wildman–Crippen LogP) is 4.67. The van der Waals surface area contributed by atoms with Crippen molar-refractivity contribution in [3.8, 4) is 0 Å². The molecule has 0 radical (unpaired) electrons. The molecule has 0 saturated carbocycles. The third kappa shape index (κ3) is 3.29. The van der Waals surface area contributed by atoms with E-state index in [2.05, 4.69) is 0 Å². The average molecular weight is 343 g/mol. The van der Waals surface area contributed by atoms with Crippen molar-refractivity contribution < 1.29 is 18.7 Å². The van der Waals surface area contributed by atoms with Crippen molar-refractivity contribution in [3.05, 3.63) is 82.6 Å². The second-order valence-electron chi connectivity index (χ2n) is 5.16. The number of hydrogen-bond donors (Lipinski definition) is 0. The first-order valence-corrected chi connectivity index (χ1v) is 7.57. The van der Waals surface area contributed by atoms with Gasteiger partial charge in [0.05, 0.1) is 5.02 Å². The van der Waals surface area contributed by atoms with Crippen molar-refractivity contribution in [2.24, 2.45) is 0 Å². The van der Waals surface area contributed by atoms with Crippen LogP contribution in [0.5, 0.6) is 0 Å². The van der Waals surface area contributed by atoms with Crippen LogP contribution >= 0.6 is 11.6 Å². The number of hydrogen-bond acceptors (Lipinski definition) is 3. The van der Waals surface area contributed by atoms with E-state index in [0.29, 0.717) is 5.56 Å². The molecule has 0 aliphatic carbocycles. The first-order valence-electron chi connectivity index (χ1n) is 7.19. The number of benzene rings is 3. The summed E-state index contributed by atoms with van der Waals surface area (Å²) in [6.07, 6.45) is 0. The van der Waals surface area contributed by atoms with E-state index in [1.165, 1.54) is 12.1 Å². The van der Waals surface area contributed by atoms with Crippen molar-refractivity contribution in [2.45, 2.75) is 0 Å². The molecule has 120 valence electrons. The number of halogens is 2. The van der Waals surface area contributed by atoms with Crippen molar-refractivity contribution in [1.29, 1.82) is 0 Å². The number of carbonyl (C=O) groups is 2. The lowest BCUT2D eigenvalue weighted by molar-refractivity contribution is 0.0470. The molecule has 0 fully saturated rings. The van der Waals surface area contributed by atoms with Crippen LogP contribution in [0, 0.1) is 5.82 Å². The number of fused-ring (bicyclic) bond motifs is 1. The third-order valence-corrected chi connectivity index (χ3v) is 3.89. The molecular weight excluding hydrogens is 331 g/mol. The Balaban J connectivity index is 1.73. The summed E-state index contributed by atoms with van der Waals surface area (Å²) >= 11 is 5.80. The molecule has 0 N–H and O–H groups in total. The van der Waals surface area contributed by atoms with Crippen molar-refractivity contribution in [2.75, 3.05) is 6.61 Å². The van der Waals surface area contributed by atoms with Gasteiger partial charge >= 0.3 is 5.97 Å². The summed E-state index contributed by atoms with van der Waals surface area (Å²) in [6, 6.07) is 16.7. The zero-order valence-electron chi connectivity index (χ0n) is 12.5. The highest BCUT2D eigenvalue weighted by Gasteiger charge is 2.18. The molecule has 3 rings (SSSR count). The first kappa shape index (κ1) is 16.1. The van der Waals surface area contributed by atoms with E-state index in [0.717, 1.165) is 16.8 Å². The van der Waals surface area contributed by atoms with Gasteiger partial charge in [0.25, 0.3) is 0 Å². The third-order valence-electron chi connectivity index (χ3n) is 3.57. The molecule has 0 aliphatic heterocycles. The number of carbonyl (C=O) groups excluding carboxylic acids is 2. The van der Waals surface area contributed by atoms with Crippen LogP contribution in [0.2, 0.25) is 5.02 Å². The maximum absolute atomic E-state index is 13.7. The first-order chi connectivity index (χ1) is 11.6. The lowest BCUT2D eigenvalue weighted by Crippen LogP contribution is -2.15. The Hall–Kier alpha value is -2.72. The van der Waals surface area contributed by atoms with Gasteiger partial charge in [0, 0.05) is 5.56 Å². The molecule has 0 saturated heterocycles. The molecule has 0 atom stereocenters. The summed E-state index contributed by atoms with van der Waals surface area (Å²) in [7, 11) is 0. The lowest BCUT2D eigenvalue weighted by atomic mass is 10.0. The minimum Gasteiger partial charge on any atom is -0.454 e. The minimum atomic E-state index is -0.966. The van der Waals surface area contributed by atoms with E-state index in [9.17, 15) is 14.0 Å². The van der Waals surface area contributed by atoms with Crippen LogP contribution in [0.25, 0.3) is 10.8 Å². The Morgan fingerprint density at radius 1 is 0.958 bits per heavy atom. The fraction of sp³-hybridized carbons (Fsp3) is 0.0526. The molecule has 0 amide bonds. The summed E-state index contributed by atoms with van der Waals surface area (Å²) < 4.78 is 18.6. The van der Waals surface area contributed by atoms with Gasteiger partial charge in [-0.2, -0.15) is 0 Å². The SMILES string of the molecule is O=C(COC(=O)c1c(F)cccc1Cl)c1ccc2ccccc2c1. The largest absolute Gasteiger partial charge is 0.454 e. The highest BCUT2D eigenvalue weighted by Crippen LogP contribution is 2.20. The van der Waals surface area contributed by atoms with E-state index in [1.54, 1.807) is 12.1 Å². The van der Waals surface area contributed by atoms with Crippen LogP contribution in [0.1, 0.15) is 20.7 Å². The molecule has 3 aromatic carbocycles. The molecule has 0 aromatic heterocycles. The summed E-state index contributed by atoms with van der Waals surface area (Å²) in [5, 5.41) is 1.86. The Bertz CT molecular complexity index is 917. The molecule has 0 heterocycles. The molecule has 0 bridgehead atoms. The maximum Gasteiger partial charge on any atom is 0.343 e. The van der Waals surface area contributed by atoms with Crippen LogP contribution in [-0.4, -0.2) is 18.4 Å². The van der Waals surface area contributed by atoms with E-state index in [1.807, 2.05) is 30.3 Å². The highest BCUT2D eigenvalue weighted by atomic mass is 35.5. The number of ether oxygens (including phenoxy) is 1. The predicted molar refractivity (Wildman–Crippen MR) is 90.0 cm³/mol. The van der Waals surface area contributed by atoms with E-state index < -0.39 is 18.4 Å². The van der Waals surface area contributed by atoms with Crippen molar-refractivity contribution in [1.82, 2.24) is 0 Å². The van der Waals surface area contributed by atoms with Gasteiger partial charge in [0.15, 0.2) is 12.4 Å². The number of ketones is 1. The molecule has 0 unspecified atom stereocenters. The Morgan fingerprint density at radius 2 is 1.71 bits per heavy atom. The summed E-state index contributed by atoms with van der Waals surface area (Å²) in [5.74, 6) is -2.13. The van der Waals surface area contributed by atoms with Crippen molar-refractivity contribution in [3.63, 3.8) is 0 Å². The molecule has 24 heavy (non-hydrogen) atoms. The van der Waals surface area contributed by atoms with Gasteiger partial charge < -0.3 is 4.74 Å². The Labute approximate surface area is 142 Å². The summed E-state index contributed by atoms with van der Waals surface area (Å²) in [6.45, 7) is -0.484. The fourth-order valence-electron chi connectivity index (χ4n) is 2.34. The molecule has 3 aromatic rings. The van der Waals surface area contributed by atoms with E-state index in [4.69, 9.17) is 16.3 Å². The molecule has 5 heteroatoms. The average Bonchev–Trinajstić information content (AvgIpc) is 2.59. The second-order valence-corrected chi connectivity index (χ2v) is 5.57. The number of Topliss-reactive ketones (excluding diaryl/α,β-unsaturated/α-hetero) is 1. The number of esters is 1. The summed E-state index contributed by atoms with van der Waals surface area (Å²) in [4.78, 5) is 24.1. The second kappa shape index (κ2) is 6.81. The fourth-order valence-corrected chi connectivity index (χ4v) is 2.58.